The summed E-state index contributed by atoms with van der Waals surface area (Å²) >= 11 is 0. The van der Waals surface area contributed by atoms with Crippen molar-refractivity contribution in [3.8, 4) is 29.5 Å². The van der Waals surface area contributed by atoms with E-state index >= 15 is 0 Å². The van der Waals surface area contributed by atoms with Crippen molar-refractivity contribution in [3.63, 3.8) is 0 Å². The summed E-state index contributed by atoms with van der Waals surface area (Å²) in [7, 11) is 3.67. The lowest BCUT2D eigenvalue weighted by molar-refractivity contribution is 0.415. The number of hydrogen-bond donors (Lipinski definition) is 4. The molecule has 3 rings (SSSR count). The maximum absolute atomic E-state index is 9.22. The molecule has 0 unspecified atom stereocenters. The van der Waals surface area contributed by atoms with Crippen LogP contribution in [-0.2, 0) is 0 Å². The average Bonchev–Trinajstić information content (AvgIpc) is 2.72. The summed E-state index contributed by atoms with van der Waals surface area (Å²) in [6.45, 7) is 0. The van der Waals surface area contributed by atoms with E-state index in [1.165, 1.54) is 0 Å². The van der Waals surface area contributed by atoms with Gasteiger partial charge in [-0.05, 0) is 24.3 Å². The van der Waals surface area contributed by atoms with Crippen molar-refractivity contribution < 1.29 is 9.47 Å². The molecule has 0 radical (unpaired) electrons. The number of aliphatic imine (C=N–C) groups is 1. The lowest BCUT2D eigenvalue weighted by Gasteiger charge is -2.18. The fraction of sp³-hybridized carbons (Fsp3) is 0.100. The third-order valence-corrected chi connectivity index (χ3v) is 4.01. The number of nitriles is 1. The SMILES string of the molecule is CN(C)c1ccc(C#N)cc1Oc1nc(Oc2ccccc2N=C(N)N)nc(N)c1N. The number of hydrogen-bond acceptors (Lipinski definition) is 9. The highest BCUT2D eigenvalue weighted by Crippen LogP contribution is 2.37. The van der Waals surface area contributed by atoms with Crippen LogP contribution in [0.3, 0.4) is 0 Å². The molecule has 0 amide bonds. The van der Waals surface area contributed by atoms with Gasteiger partial charge in [0.1, 0.15) is 11.4 Å². The van der Waals surface area contributed by atoms with Gasteiger partial charge < -0.3 is 37.3 Å². The highest BCUT2D eigenvalue weighted by atomic mass is 16.5. The van der Waals surface area contributed by atoms with Gasteiger partial charge in [-0.1, -0.05) is 12.1 Å². The van der Waals surface area contributed by atoms with Gasteiger partial charge in [0.2, 0.25) is 0 Å². The predicted molar refractivity (Wildman–Crippen MR) is 118 cm³/mol. The van der Waals surface area contributed by atoms with E-state index in [4.69, 9.17) is 32.4 Å². The van der Waals surface area contributed by atoms with Crippen molar-refractivity contribution in [2.45, 2.75) is 0 Å². The zero-order valence-corrected chi connectivity index (χ0v) is 16.9. The van der Waals surface area contributed by atoms with Gasteiger partial charge in [-0.25, -0.2) is 4.99 Å². The number of anilines is 3. The number of ether oxygens (including phenoxy) is 2. The van der Waals surface area contributed by atoms with E-state index in [1.54, 1.807) is 42.5 Å². The molecule has 8 N–H and O–H groups in total. The lowest BCUT2D eigenvalue weighted by atomic mass is 10.2. The van der Waals surface area contributed by atoms with Crippen LogP contribution in [0.5, 0.6) is 23.4 Å². The Hall–Kier alpha value is -4.72. The van der Waals surface area contributed by atoms with E-state index in [9.17, 15) is 5.26 Å². The molecule has 158 valence electrons. The van der Waals surface area contributed by atoms with E-state index in [0.29, 0.717) is 28.4 Å². The zero-order chi connectivity index (χ0) is 22.5. The van der Waals surface area contributed by atoms with Crippen LogP contribution < -0.4 is 37.3 Å². The van der Waals surface area contributed by atoms with Crippen LogP contribution in [0.2, 0.25) is 0 Å². The minimum absolute atomic E-state index is 0.0249. The molecule has 11 nitrogen and oxygen atoms in total. The quantitative estimate of drug-likeness (QED) is 0.340. The third kappa shape index (κ3) is 4.83. The Labute approximate surface area is 178 Å². The second-order valence-electron chi connectivity index (χ2n) is 6.51. The van der Waals surface area contributed by atoms with Crippen LogP contribution in [0.4, 0.5) is 22.9 Å². The Bertz CT molecular complexity index is 1180. The van der Waals surface area contributed by atoms with Gasteiger partial charge in [0.15, 0.2) is 23.3 Å². The van der Waals surface area contributed by atoms with E-state index < -0.39 is 0 Å². The van der Waals surface area contributed by atoms with Gasteiger partial charge in [0, 0.05) is 20.2 Å². The Kier molecular flexibility index (Phi) is 5.92. The molecule has 0 aliphatic carbocycles. The summed E-state index contributed by atoms with van der Waals surface area (Å²) in [4.78, 5) is 14.1. The summed E-state index contributed by atoms with van der Waals surface area (Å²) in [5.74, 6) is 0.459. The maximum atomic E-state index is 9.22. The molecule has 1 aromatic heterocycles. The number of guanidine groups is 1. The summed E-state index contributed by atoms with van der Waals surface area (Å²) in [6.07, 6.45) is 0. The second-order valence-corrected chi connectivity index (χ2v) is 6.51. The summed E-state index contributed by atoms with van der Waals surface area (Å²) in [6, 6.07) is 13.7. The summed E-state index contributed by atoms with van der Waals surface area (Å²) in [5, 5.41) is 9.22. The molecule has 0 aliphatic heterocycles. The molecule has 0 aliphatic rings. The molecule has 0 bridgehead atoms. The molecule has 0 saturated carbocycles. The number of para-hydroxylation sites is 2. The third-order valence-electron chi connectivity index (χ3n) is 4.01. The van der Waals surface area contributed by atoms with Gasteiger partial charge in [0.05, 0.1) is 17.3 Å². The minimum atomic E-state index is -0.133. The molecule has 0 saturated heterocycles. The Balaban J connectivity index is 2.01. The Morgan fingerprint density at radius 1 is 1.03 bits per heavy atom. The van der Waals surface area contributed by atoms with Crippen LogP contribution in [0.1, 0.15) is 5.56 Å². The normalized spacial score (nSPS) is 10.1. The first-order valence-electron chi connectivity index (χ1n) is 8.97. The van der Waals surface area contributed by atoms with Crippen molar-refractivity contribution in [3.05, 3.63) is 48.0 Å². The van der Waals surface area contributed by atoms with Gasteiger partial charge in [0.25, 0.3) is 5.88 Å². The monoisotopic (exact) mass is 419 g/mol. The second kappa shape index (κ2) is 8.75. The van der Waals surface area contributed by atoms with E-state index in [1.807, 2.05) is 19.0 Å². The molecule has 11 heteroatoms. The Morgan fingerprint density at radius 3 is 2.45 bits per heavy atom. The first-order chi connectivity index (χ1) is 14.8. The smallest absolute Gasteiger partial charge is 0.327 e. The van der Waals surface area contributed by atoms with E-state index in [-0.39, 0.29) is 29.4 Å². The summed E-state index contributed by atoms with van der Waals surface area (Å²) < 4.78 is 11.6. The lowest BCUT2D eigenvalue weighted by Crippen LogP contribution is -2.21. The molecule has 0 fully saturated rings. The van der Waals surface area contributed by atoms with E-state index in [0.717, 1.165) is 0 Å². The molecule has 2 aromatic carbocycles. The van der Waals surface area contributed by atoms with Crippen LogP contribution in [0.15, 0.2) is 47.5 Å². The van der Waals surface area contributed by atoms with Crippen molar-refractivity contribution in [1.82, 2.24) is 9.97 Å². The molecule has 1 heterocycles. The fourth-order valence-electron chi connectivity index (χ4n) is 2.58. The fourth-order valence-corrected chi connectivity index (χ4v) is 2.58. The minimum Gasteiger partial charge on any atom is -0.435 e. The molecule has 31 heavy (non-hydrogen) atoms. The van der Waals surface area contributed by atoms with Gasteiger partial charge in [-0.3, -0.25) is 0 Å². The first kappa shape index (κ1) is 21.0. The predicted octanol–water partition coefficient (Wildman–Crippen LogP) is 2.07. The number of rotatable bonds is 6. The van der Waals surface area contributed by atoms with Crippen LogP contribution in [0, 0.1) is 11.3 Å². The van der Waals surface area contributed by atoms with Gasteiger partial charge >= 0.3 is 6.01 Å². The van der Waals surface area contributed by atoms with Crippen LogP contribution in [-0.4, -0.2) is 30.0 Å². The first-order valence-corrected chi connectivity index (χ1v) is 8.97. The number of benzene rings is 2. The molecular weight excluding hydrogens is 398 g/mol. The molecule has 0 spiro atoms. The van der Waals surface area contributed by atoms with Crippen molar-refractivity contribution >= 4 is 28.8 Å². The molecule has 0 atom stereocenters. The number of nitrogens with zero attached hydrogens (tertiary/aromatic N) is 5. The average molecular weight is 419 g/mol. The number of aromatic nitrogens is 2. The number of nitrogens with two attached hydrogens (primary N) is 4. The van der Waals surface area contributed by atoms with Gasteiger partial charge in [-0.15, -0.1) is 0 Å². The zero-order valence-electron chi connectivity index (χ0n) is 16.9. The Morgan fingerprint density at radius 2 is 1.77 bits per heavy atom. The highest BCUT2D eigenvalue weighted by Gasteiger charge is 2.17. The standard InChI is InChI=1S/C20H21N9O2/c1-29(2)13-8-7-11(10-21)9-15(13)30-18-16(22)17(23)27-20(28-18)31-14-6-4-3-5-12(14)26-19(24)25/h3-9H,22H2,1-2H3,(H2,23,27,28)(H4,24,25,26). The molecule has 3 aromatic rings. The van der Waals surface area contributed by atoms with Crippen molar-refractivity contribution in [2.24, 2.45) is 16.5 Å². The van der Waals surface area contributed by atoms with Crippen LogP contribution in [0.25, 0.3) is 0 Å². The van der Waals surface area contributed by atoms with Gasteiger partial charge in [-0.2, -0.15) is 15.2 Å². The van der Waals surface area contributed by atoms with Crippen molar-refractivity contribution in [2.75, 3.05) is 30.5 Å². The number of nitrogen functional groups attached to an aromatic ring is 2. The van der Waals surface area contributed by atoms with E-state index in [2.05, 4.69) is 21.0 Å². The van der Waals surface area contributed by atoms with Crippen molar-refractivity contribution in [1.29, 1.82) is 5.26 Å². The maximum Gasteiger partial charge on any atom is 0.327 e. The highest BCUT2D eigenvalue weighted by molar-refractivity contribution is 5.80. The van der Waals surface area contributed by atoms with Crippen LogP contribution >= 0.6 is 0 Å². The molecular formula is C20H21N9O2. The topological polar surface area (TPSA) is 188 Å². The summed E-state index contributed by atoms with van der Waals surface area (Å²) in [5.41, 5.74) is 24.4. The largest absolute Gasteiger partial charge is 0.435 e.